The van der Waals surface area contributed by atoms with Crippen LogP contribution >= 0.6 is 0 Å². The molecule has 0 N–H and O–H groups in total. The molecule has 1 saturated heterocycles. The lowest BCUT2D eigenvalue weighted by atomic mass is 10.0. The summed E-state index contributed by atoms with van der Waals surface area (Å²) in [6.45, 7) is 2.33. The summed E-state index contributed by atoms with van der Waals surface area (Å²) in [5.74, 6) is 0.121. The number of esters is 1. The molecule has 1 fully saturated rings. The first-order valence-corrected chi connectivity index (χ1v) is 9.11. The number of hydrogen-bond donors (Lipinski definition) is 0. The second-order valence-electron chi connectivity index (χ2n) is 6.40. The van der Waals surface area contributed by atoms with Crippen LogP contribution in [0.3, 0.4) is 0 Å². The third kappa shape index (κ3) is 3.66. The van der Waals surface area contributed by atoms with Gasteiger partial charge in [-0.1, -0.05) is 18.2 Å². The Morgan fingerprint density at radius 2 is 1.72 bits per heavy atom. The van der Waals surface area contributed by atoms with Gasteiger partial charge in [0.1, 0.15) is 0 Å². The minimum atomic E-state index is -0.618. The number of rotatable bonds is 4. The summed E-state index contributed by atoms with van der Waals surface area (Å²) in [6, 6.07) is 8.77. The lowest BCUT2D eigenvalue weighted by Gasteiger charge is -2.34. The minimum absolute atomic E-state index is 0.0406. The van der Waals surface area contributed by atoms with Crippen LogP contribution in [0.2, 0.25) is 0 Å². The third-order valence-electron chi connectivity index (χ3n) is 4.75. The maximum absolute atomic E-state index is 13.2. The summed E-state index contributed by atoms with van der Waals surface area (Å²) < 4.78 is 10.2. The number of carbonyl (C=O) groups excluding carboxylic acids is 2. The number of anilines is 1. The van der Waals surface area contributed by atoms with Crippen LogP contribution in [0.25, 0.3) is 11.3 Å². The van der Waals surface area contributed by atoms with Gasteiger partial charge in [0.05, 0.1) is 12.7 Å². The van der Waals surface area contributed by atoms with Gasteiger partial charge in [-0.2, -0.15) is 0 Å². The molecule has 1 amide bonds. The van der Waals surface area contributed by atoms with Crippen molar-refractivity contribution < 1.29 is 18.7 Å². The van der Waals surface area contributed by atoms with Gasteiger partial charge in [0.15, 0.2) is 17.8 Å². The van der Waals surface area contributed by atoms with Crippen molar-refractivity contribution in [3.8, 4) is 11.3 Å². The Hall–Kier alpha value is -3.75. The first-order chi connectivity index (χ1) is 14.2. The minimum Gasteiger partial charge on any atom is -0.464 e. The number of aromatic nitrogens is 3. The summed E-state index contributed by atoms with van der Waals surface area (Å²) in [4.78, 5) is 41.4. The van der Waals surface area contributed by atoms with Crippen LogP contribution in [0, 0.1) is 0 Å². The third-order valence-corrected chi connectivity index (χ3v) is 4.75. The summed E-state index contributed by atoms with van der Waals surface area (Å²) >= 11 is 0. The van der Waals surface area contributed by atoms with Crippen LogP contribution in [0.5, 0.6) is 0 Å². The molecule has 0 spiro atoms. The van der Waals surface area contributed by atoms with Gasteiger partial charge in [0.25, 0.3) is 5.91 Å². The average Bonchev–Trinajstić information content (AvgIpc) is 3.28. The quantitative estimate of drug-likeness (QED) is 0.619. The largest absolute Gasteiger partial charge is 0.464 e. The fraction of sp³-hybridized carbons (Fsp3) is 0.250. The number of piperazine rings is 1. The lowest BCUT2D eigenvalue weighted by molar-refractivity contribution is 0.0594. The van der Waals surface area contributed by atoms with E-state index in [2.05, 4.69) is 15.0 Å². The van der Waals surface area contributed by atoms with Crippen LogP contribution < -0.4 is 4.90 Å². The number of amides is 1. The van der Waals surface area contributed by atoms with Crippen molar-refractivity contribution in [3.63, 3.8) is 0 Å². The number of methoxy groups -OCH3 is 1. The molecule has 4 rings (SSSR count). The molecular formula is C20H19N5O4. The van der Waals surface area contributed by atoms with E-state index in [0.29, 0.717) is 43.3 Å². The van der Waals surface area contributed by atoms with Crippen molar-refractivity contribution in [2.24, 2.45) is 0 Å². The number of ether oxygens (including phenoxy) is 1. The van der Waals surface area contributed by atoms with E-state index in [1.165, 1.54) is 13.5 Å². The highest BCUT2D eigenvalue weighted by atomic mass is 16.5. The number of nitrogens with zero attached hydrogens (tertiary/aromatic N) is 5. The van der Waals surface area contributed by atoms with Gasteiger partial charge >= 0.3 is 5.97 Å². The number of carbonyl (C=O) groups is 2. The molecule has 1 aliphatic heterocycles. The van der Waals surface area contributed by atoms with E-state index in [1.807, 2.05) is 4.90 Å². The summed E-state index contributed by atoms with van der Waals surface area (Å²) in [7, 11) is 1.27. The predicted molar refractivity (Wildman–Crippen MR) is 103 cm³/mol. The SMILES string of the molecule is COC(=O)c1ncoc1-c1ccccc1C(=O)N1CCN(c2ncccn2)CC1. The highest BCUT2D eigenvalue weighted by Crippen LogP contribution is 2.28. The normalized spacial score (nSPS) is 14.0. The standard InChI is InChI=1S/C20H19N5O4/c1-28-19(27)16-17(29-13-23-16)14-5-2-3-6-15(14)18(26)24-9-11-25(12-10-24)20-21-7-4-8-22-20/h2-8,13H,9-12H2,1H3. The second kappa shape index (κ2) is 8.09. The van der Waals surface area contributed by atoms with Gasteiger partial charge in [-0.15, -0.1) is 0 Å². The summed E-state index contributed by atoms with van der Waals surface area (Å²) in [5, 5.41) is 0. The molecule has 3 aromatic rings. The zero-order chi connectivity index (χ0) is 20.2. The number of benzene rings is 1. The topological polar surface area (TPSA) is 102 Å². The Morgan fingerprint density at radius 1 is 1.00 bits per heavy atom. The molecule has 29 heavy (non-hydrogen) atoms. The zero-order valence-corrected chi connectivity index (χ0v) is 15.8. The molecule has 1 aliphatic rings. The van der Waals surface area contributed by atoms with Gasteiger partial charge in [-0.25, -0.2) is 19.7 Å². The van der Waals surface area contributed by atoms with Crippen LogP contribution in [0.15, 0.2) is 53.5 Å². The van der Waals surface area contributed by atoms with E-state index in [0.717, 1.165) is 0 Å². The van der Waals surface area contributed by atoms with Crippen LogP contribution in [-0.2, 0) is 4.74 Å². The fourth-order valence-electron chi connectivity index (χ4n) is 3.28. The molecule has 0 bridgehead atoms. The molecule has 0 unspecified atom stereocenters. The van der Waals surface area contributed by atoms with Gasteiger partial charge in [0.2, 0.25) is 5.95 Å². The van der Waals surface area contributed by atoms with E-state index in [-0.39, 0.29) is 17.4 Å². The molecule has 0 radical (unpaired) electrons. The van der Waals surface area contributed by atoms with Gasteiger partial charge in [0, 0.05) is 44.1 Å². The van der Waals surface area contributed by atoms with Crippen molar-refractivity contribution in [3.05, 3.63) is 60.4 Å². The molecule has 0 aliphatic carbocycles. The first-order valence-electron chi connectivity index (χ1n) is 9.11. The lowest BCUT2D eigenvalue weighted by Crippen LogP contribution is -2.49. The Labute approximate surface area is 167 Å². The molecule has 0 atom stereocenters. The van der Waals surface area contributed by atoms with Gasteiger partial charge < -0.3 is 19.0 Å². The number of hydrogen-bond acceptors (Lipinski definition) is 8. The van der Waals surface area contributed by atoms with Crippen LogP contribution in [0.1, 0.15) is 20.8 Å². The van der Waals surface area contributed by atoms with E-state index in [1.54, 1.807) is 47.6 Å². The van der Waals surface area contributed by atoms with E-state index in [9.17, 15) is 9.59 Å². The Bertz CT molecular complexity index is 1010. The van der Waals surface area contributed by atoms with Crippen molar-refractivity contribution >= 4 is 17.8 Å². The second-order valence-corrected chi connectivity index (χ2v) is 6.40. The maximum atomic E-state index is 13.2. The highest BCUT2D eigenvalue weighted by Gasteiger charge is 2.28. The number of oxazole rings is 1. The fourth-order valence-corrected chi connectivity index (χ4v) is 3.28. The smallest absolute Gasteiger partial charge is 0.360 e. The van der Waals surface area contributed by atoms with Crippen LogP contribution in [-0.4, -0.2) is 65.0 Å². The highest BCUT2D eigenvalue weighted by molar-refractivity contribution is 6.03. The average molecular weight is 393 g/mol. The van der Waals surface area contributed by atoms with E-state index in [4.69, 9.17) is 9.15 Å². The molecule has 148 valence electrons. The van der Waals surface area contributed by atoms with Crippen molar-refractivity contribution in [2.45, 2.75) is 0 Å². The Kier molecular flexibility index (Phi) is 5.19. The van der Waals surface area contributed by atoms with E-state index >= 15 is 0 Å². The zero-order valence-electron chi connectivity index (χ0n) is 15.8. The summed E-state index contributed by atoms with van der Waals surface area (Å²) in [6.07, 6.45) is 4.57. The monoisotopic (exact) mass is 393 g/mol. The van der Waals surface area contributed by atoms with Crippen molar-refractivity contribution in [1.29, 1.82) is 0 Å². The molecule has 3 heterocycles. The Balaban J connectivity index is 1.55. The Morgan fingerprint density at radius 3 is 2.45 bits per heavy atom. The molecule has 1 aromatic carbocycles. The molecule has 0 saturated carbocycles. The van der Waals surface area contributed by atoms with Gasteiger partial charge in [-0.3, -0.25) is 4.79 Å². The van der Waals surface area contributed by atoms with Crippen molar-refractivity contribution in [1.82, 2.24) is 19.9 Å². The van der Waals surface area contributed by atoms with E-state index < -0.39 is 5.97 Å². The molecule has 9 heteroatoms. The molecular weight excluding hydrogens is 374 g/mol. The predicted octanol–water partition coefficient (Wildman–Crippen LogP) is 1.88. The maximum Gasteiger partial charge on any atom is 0.360 e. The van der Waals surface area contributed by atoms with Crippen molar-refractivity contribution in [2.75, 3.05) is 38.2 Å². The molecule has 2 aromatic heterocycles. The molecule has 9 nitrogen and oxygen atoms in total. The van der Waals surface area contributed by atoms with Gasteiger partial charge in [-0.05, 0) is 12.1 Å². The first kappa shape index (κ1) is 18.6. The summed E-state index contributed by atoms with van der Waals surface area (Å²) in [5.41, 5.74) is 0.988. The van der Waals surface area contributed by atoms with Crippen LogP contribution in [0.4, 0.5) is 5.95 Å².